The summed E-state index contributed by atoms with van der Waals surface area (Å²) in [5, 5.41) is 7.59. The number of carbonyl (C=O) groups excluding carboxylic acids is 2. The van der Waals surface area contributed by atoms with E-state index in [9.17, 15) is 9.59 Å². The van der Waals surface area contributed by atoms with Crippen molar-refractivity contribution < 1.29 is 14.3 Å². The second-order valence-electron chi connectivity index (χ2n) is 6.61. The maximum absolute atomic E-state index is 12.6. The number of thioether (sulfide) groups is 1. The largest absolute Gasteiger partial charge is 0.497 e. The third kappa shape index (κ3) is 4.32. The smallest absolute Gasteiger partial charge is 0.227 e. The number of aromatic amines is 1. The Morgan fingerprint density at radius 1 is 1.24 bits per heavy atom. The first-order chi connectivity index (χ1) is 14.1. The lowest BCUT2D eigenvalue weighted by molar-refractivity contribution is -0.117. The molecule has 1 fully saturated rings. The highest BCUT2D eigenvalue weighted by Crippen LogP contribution is 2.25. The third-order valence-corrected chi connectivity index (χ3v) is 5.56. The predicted molar refractivity (Wildman–Crippen MR) is 111 cm³/mol. The number of rotatable bonds is 7. The molecule has 1 aliphatic rings. The van der Waals surface area contributed by atoms with E-state index in [2.05, 4.69) is 15.2 Å². The predicted octanol–water partition coefficient (Wildman–Crippen LogP) is 3.58. The van der Waals surface area contributed by atoms with Gasteiger partial charge in [-0.3, -0.25) is 14.7 Å². The standard InChI is InChI=1S/C21H20N4O3S/c1-28-17-9-7-14(8-10-17)20-22-21(24-23-20)29-13-18(26)15-4-2-5-16(12-15)25-11-3-6-19(25)27/h2,4-5,7-10,12H,3,6,11,13H2,1H3,(H,22,23,24). The van der Waals surface area contributed by atoms with Gasteiger partial charge in [-0.15, -0.1) is 5.10 Å². The first-order valence-corrected chi connectivity index (χ1v) is 10.3. The molecule has 1 amide bonds. The van der Waals surface area contributed by atoms with Gasteiger partial charge in [0, 0.05) is 29.8 Å². The van der Waals surface area contributed by atoms with Crippen LogP contribution in [0.25, 0.3) is 11.4 Å². The number of anilines is 1. The van der Waals surface area contributed by atoms with E-state index in [-0.39, 0.29) is 17.4 Å². The summed E-state index contributed by atoms with van der Waals surface area (Å²) in [7, 11) is 1.62. The fraction of sp³-hybridized carbons (Fsp3) is 0.238. The molecule has 1 N–H and O–H groups in total. The van der Waals surface area contributed by atoms with E-state index in [1.54, 1.807) is 24.1 Å². The van der Waals surface area contributed by atoms with Crippen LogP contribution in [-0.4, -0.2) is 46.3 Å². The fourth-order valence-corrected chi connectivity index (χ4v) is 3.86. The summed E-state index contributed by atoms with van der Waals surface area (Å²) in [6.07, 6.45) is 1.42. The molecular formula is C21H20N4O3S. The van der Waals surface area contributed by atoms with Crippen molar-refractivity contribution in [2.24, 2.45) is 0 Å². The van der Waals surface area contributed by atoms with Gasteiger partial charge in [0.15, 0.2) is 11.6 Å². The lowest BCUT2D eigenvalue weighted by Crippen LogP contribution is -2.23. The van der Waals surface area contributed by atoms with Gasteiger partial charge in [-0.2, -0.15) is 0 Å². The SMILES string of the molecule is COc1ccc(-c2nc(SCC(=O)c3cccc(N4CCCC4=O)c3)n[nH]2)cc1. The molecule has 29 heavy (non-hydrogen) atoms. The fourth-order valence-electron chi connectivity index (χ4n) is 3.17. The summed E-state index contributed by atoms with van der Waals surface area (Å²) in [5.74, 6) is 1.70. The molecule has 0 spiro atoms. The van der Waals surface area contributed by atoms with Crippen LogP contribution in [-0.2, 0) is 4.79 Å². The minimum atomic E-state index is -0.0284. The lowest BCUT2D eigenvalue weighted by atomic mass is 10.1. The van der Waals surface area contributed by atoms with Gasteiger partial charge in [0.1, 0.15) is 5.75 Å². The Bertz CT molecular complexity index is 1030. The second kappa shape index (κ2) is 8.48. The number of nitrogens with one attached hydrogen (secondary N) is 1. The molecule has 7 nitrogen and oxygen atoms in total. The Balaban J connectivity index is 1.40. The van der Waals surface area contributed by atoms with Crippen LogP contribution in [0.3, 0.4) is 0 Å². The van der Waals surface area contributed by atoms with Crippen molar-refractivity contribution in [2.45, 2.75) is 18.0 Å². The number of nitrogens with zero attached hydrogens (tertiary/aromatic N) is 3. The van der Waals surface area contributed by atoms with E-state index < -0.39 is 0 Å². The number of aromatic nitrogens is 3. The highest BCUT2D eigenvalue weighted by Gasteiger charge is 2.22. The Kier molecular flexibility index (Phi) is 5.62. The minimum Gasteiger partial charge on any atom is -0.497 e. The van der Waals surface area contributed by atoms with E-state index >= 15 is 0 Å². The zero-order valence-electron chi connectivity index (χ0n) is 15.9. The summed E-state index contributed by atoms with van der Waals surface area (Å²) in [4.78, 5) is 30.7. The molecule has 8 heteroatoms. The molecule has 2 heterocycles. The van der Waals surface area contributed by atoms with Crippen LogP contribution < -0.4 is 9.64 Å². The second-order valence-corrected chi connectivity index (χ2v) is 7.55. The van der Waals surface area contributed by atoms with E-state index in [1.807, 2.05) is 36.4 Å². The maximum Gasteiger partial charge on any atom is 0.227 e. The Labute approximate surface area is 172 Å². The lowest BCUT2D eigenvalue weighted by Gasteiger charge is -2.16. The molecule has 1 aromatic heterocycles. The average Bonchev–Trinajstić information content (AvgIpc) is 3.41. The van der Waals surface area contributed by atoms with Gasteiger partial charge in [0.05, 0.1) is 12.9 Å². The first-order valence-electron chi connectivity index (χ1n) is 9.27. The number of benzene rings is 2. The van der Waals surface area contributed by atoms with Gasteiger partial charge in [-0.05, 0) is 42.8 Å². The van der Waals surface area contributed by atoms with Gasteiger partial charge in [0.2, 0.25) is 11.1 Å². The van der Waals surface area contributed by atoms with Crippen molar-refractivity contribution in [3.05, 3.63) is 54.1 Å². The summed E-state index contributed by atoms with van der Waals surface area (Å²) < 4.78 is 5.15. The van der Waals surface area contributed by atoms with E-state index in [0.717, 1.165) is 23.4 Å². The molecule has 0 bridgehead atoms. The van der Waals surface area contributed by atoms with Crippen molar-refractivity contribution in [1.82, 2.24) is 15.2 Å². The van der Waals surface area contributed by atoms with Crippen molar-refractivity contribution in [1.29, 1.82) is 0 Å². The molecule has 4 rings (SSSR count). The highest BCUT2D eigenvalue weighted by molar-refractivity contribution is 7.99. The molecule has 2 aromatic carbocycles. The van der Waals surface area contributed by atoms with E-state index in [4.69, 9.17) is 4.74 Å². The molecule has 0 atom stereocenters. The van der Waals surface area contributed by atoms with Gasteiger partial charge in [-0.1, -0.05) is 23.9 Å². The van der Waals surface area contributed by atoms with Gasteiger partial charge >= 0.3 is 0 Å². The summed E-state index contributed by atoms with van der Waals surface area (Å²) in [6, 6.07) is 14.7. The first kappa shape index (κ1) is 19.2. The number of carbonyl (C=O) groups is 2. The molecular weight excluding hydrogens is 388 g/mol. The zero-order chi connectivity index (χ0) is 20.2. The summed E-state index contributed by atoms with van der Waals surface area (Å²) in [6.45, 7) is 0.705. The van der Waals surface area contributed by atoms with E-state index in [0.29, 0.717) is 29.5 Å². The monoisotopic (exact) mass is 408 g/mol. The van der Waals surface area contributed by atoms with Crippen LogP contribution in [0.2, 0.25) is 0 Å². The minimum absolute atomic E-state index is 0.0284. The number of ketones is 1. The quantitative estimate of drug-likeness (QED) is 0.475. The van der Waals surface area contributed by atoms with Crippen molar-refractivity contribution in [3.8, 4) is 17.1 Å². The van der Waals surface area contributed by atoms with Gasteiger partial charge < -0.3 is 9.64 Å². The Morgan fingerprint density at radius 3 is 2.79 bits per heavy atom. The number of ether oxygens (including phenoxy) is 1. The topological polar surface area (TPSA) is 88.2 Å². The molecule has 148 valence electrons. The van der Waals surface area contributed by atoms with Crippen LogP contribution in [0.15, 0.2) is 53.7 Å². The molecule has 0 radical (unpaired) electrons. The molecule has 3 aromatic rings. The number of hydrogen-bond acceptors (Lipinski definition) is 6. The van der Waals surface area contributed by atoms with Gasteiger partial charge in [0.25, 0.3) is 0 Å². The Hall–Kier alpha value is -3.13. The third-order valence-electron chi connectivity index (χ3n) is 4.71. The van der Waals surface area contributed by atoms with Crippen LogP contribution in [0.1, 0.15) is 23.2 Å². The highest BCUT2D eigenvalue weighted by atomic mass is 32.2. The number of methoxy groups -OCH3 is 1. The maximum atomic E-state index is 12.6. The zero-order valence-corrected chi connectivity index (χ0v) is 16.7. The molecule has 1 aliphatic heterocycles. The molecule has 0 unspecified atom stereocenters. The number of H-pyrrole nitrogens is 1. The van der Waals surface area contributed by atoms with Crippen LogP contribution >= 0.6 is 11.8 Å². The van der Waals surface area contributed by atoms with Crippen molar-refractivity contribution in [3.63, 3.8) is 0 Å². The van der Waals surface area contributed by atoms with Crippen molar-refractivity contribution >= 4 is 29.1 Å². The molecule has 1 saturated heterocycles. The number of amides is 1. The number of hydrogen-bond donors (Lipinski definition) is 1. The van der Waals surface area contributed by atoms with Gasteiger partial charge in [-0.25, -0.2) is 4.98 Å². The van der Waals surface area contributed by atoms with Crippen LogP contribution in [0, 0.1) is 0 Å². The Morgan fingerprint density at radius 2 is 2.07 bits per heavy atom. The van der Waals surface area contributed by atoms with E-state index in [1.165, 1.54) is 11.8 Å². The number of Topliss-reactive ketones (excluding diaryl/α,β-unsaturated/α-hetero) is 1. The summed E-state index contributed by atoms with van der Waals surface area (Å²) in [5.41, 5.74) is 2.25. The molecule has 0 aliphatic carbocycles. The van der Waals surface area contributed by atoms with Crippen LogP contribution in [0.5, 0.6) is 5.75 Å². The molecule has 0 saturated carbocycles. The van der Waals surface area contributed by atoms with Crippen LogP contribution in [0.4, 0.5) is 5.69 Å². The average molecular weight is 408 g/mol. The normalized spacial score (nSPS) is 13.7. The summed E-state index contributed by atoms with van der Waals surface area (Å²) >= 11 is 1.28. The van der Waals surface area contributed by atoms with Crippen molar-refractivity contribution in [2.75, 3.05) is 24.3 Å².